The fraction of sp³-hybridized carbons (Fsp3) is 0.261. The van der Waals surface area contributed by atoms with Crippen molar-refractivity contribution in [2.45, 2.75) is 19.2 Å². The van der Waals surface area contributed by atoms with E-state index in [0.29, 0.717) is 28.8 Å². The smallest absolute Gasteiger partial charge is 0.367 e. The lowest BCUT2D eigenvalue weighted by molar-refractivity contribution is -0.176. The van der Waals surface area contributed by atoms with Crippen molar-refractivity contribution in [3.63, 3.8) is 0 Å². The summed E-state index contributed by atoms with van der Waals surface area (Å²) in [6, 6.07) is 11.7. The zero-order chi connectivity index (χ0) is 25.1. The maximum absolute atomic E-state index is 13.3. The molecule has 34 heavy (non-hydrogen) atoms. The molecular weight excluding hydrogens is 456 g/mol. The van der Waals surface area contributed by atoms with Crippen LogP contribution in [0.3, 0.4) is 0 Å². The fourth-order valence-corrected chi connectivity index (χ4v) is 2.84. The Bertz CT molecular complexity index is 1020. The number of benzene rings is 2. The molecule has 1 amide bonds. The molecule has 2 rings (SSSR count). The lowest BCUT2D eigenvalue weighted by Gasteiger charge is -2.15. The third-order valence-electron chi connectivity index (χ3n) is 4.48. The van der Waals surface area contributed by atoms with Gasteiger partial charge in [0.1, 0.15) is 24.5 Å². The van der Waals surface area contributed by atoms with Crippen LogP contribution in [0.25, 0.3) is 5.70 Å². The van der Waals surface area contributed by atoms with Gasteiger partial charge in [0.2, 0.25) is 5.91 Å². The average molecular weight is 480 g/mol. The number of aldehydes is 1. The monoisotopic (exact) mass is 480 g/mol. The summed E-state index contributed by atoms with van der Waals surface area (Å²) < 4.78 is 55.1. The Hall–Kier alpha value is -3.57. The van der Waals surface area contributed by atoms with Gasteiger partial charge in [-0.1, -0.05) is 18.2 Å². The molecule has 0 aromatic heterocycles. The van der Waals surface area contributed by atoms with Crippen LogP contribution < -0.4 is 16.4 Å². The van der Waals surface area contributed by atoms with Gasteiger partial charge in [-0.15, -0.1) is 0 Å². The number of hydrogen-bond acceptors (Lipinski definition) is 6. The number of carbonyl (C=O) groups is 2. The Morgan fingerprint density at radius 3 is 2.50 bits per heavy atom. The van der Waals surface area contributed by atoms with Crippen molar-refractivity contribution in [2.24, 2.45) is 11.7 Å². The van der Waals surface area contributed by atoms with Crippen molar-refractivity contribution in [1.82, 2.24) is 5.32 Å². The van der Waals surface area contributed by atoms with Crippen molar-refractivity contribution >= 4 is 29.4 Å². The number of hydrogen-bond donors (Lipinski definition) is 4. The highest BCUT2D eigenvalue weighted by molar-refractivity contribution is 6.07. The summed E-state index contributed by atoms with van der Waals surface area (Å²) in [4.78, 5) is 23.0. The first-order valence-corrected chi connectivity index (χ1v) is 10.1. The average Bonchev–Trinajstić information content (AvgIpc) is 2.77. The van der Waals surface area contributed by atoms with Crippen LogP contribution in [0.2, 0.25) is 0 Å². The molecule has 1 atom stereocenters. The van der Waals surface area contributed by atoms with Crippen molar-refractivity contribution in [1.29, 1.82) is 5.41 Å². The molecule has 0 spiro atoms. The first-order chi connectivity index (χ1) is 16.1. The molecule has 0 heterocycles. The quantitative estimate of drug-likeness (QED) is 0.170. The Balaban J connectivity index is 2.28. The van der Waals surface area contributed by atoms with Crippen LogP contribution in [0.5, 0.6) is 0 Å². The van der Waals surface area contributed by atoms with E-state index in [1.54, 1.807) is 24.3 Å². The summed E-state index contributed by atoms with van der Waals surface area (Å²) in [7, 11) is 0. The number of ether oxygens (including phenoxy) is 1. The predicted molar refractivity (Wildman–Crippen MR) is 119 cm³/mol. The van der Waals surface area contributed by atoms with Crippen LogP contribution >= 0.6 is 0 Å². The molecule has 7 nitrogen and oxygen atoms in total. The Morgan fingerprint density at radius 2 is 1.88 bits per heavy atom. The van der Waals surface area contributed by atoms with E-state index < -0.39 is 30.4 Å². The molecule has 0 aliphatic rings. The van der Waals surface area contributed by atoms with Gasteiger partial charge in [0, 0.05) is 30.4 Å². The molecule has 0 aliphatic heterocycles. The van der Waals surface area contributed by atoms with Crippen molar-refractivity contribution < 1.29 is 31.9 Å². The maximum atomic E-state index is 13.3. The third kappa shape index (κ3) is 9.12. The minimum atomic E-state index is -4.45. The number of nitrogens with one attached hydrogen (secondary N) is 3. The zero-order valence-electron chi connectivity index (χ0n) is 18.0. The topological polar surface area (TPSA) is 117 Å². The van der Waals surface area contributed by atoms with Gasteiger partial charge in [0.05, 0.1) is 12.5 Å². The zero-order valence-corrected chi connectivity index (χ0v) is 18.0. The van der Waals surface area contributed by atoms with E-state index in [1.165, 1.54) is 30.3 Å². The summed E-state index contributed by atoms with van der Waals surface area (Å²) in [5.74, 6) is -2.18. The molecule has 182 valence electrons. The van der Waals surface area contributed by atoms with Gasteiger partial charge >= 0.3 is 6.18 Å². The molecule has 2 aromatic rings. The summed E-state index contributed by atoms with van der Waals surface area (Å²) in [5.41, 5.74) is 7.17. The van der Waals surface area contributed by atoms with E-state index in [4.69, 9.17) is 15.9 Å². The van der Waals surface area contributed by atoms with E-state index in [9.17, 15) is 27.2 Å². The molecule has 0 saturated heterocycles. The second-order valence-electron chi connectivity index (χ2n) is 7.24. The van der Waals surface area contributed by atoms with Crippen LogP contribution in [0.1, 0.15) is 17.5 Å². The number of rotatable bonds is 11. The molecule has 0 radical (unpaired) electrons. The number of amidine groups is 1. The van der Waals surface area contributed by atoms with Gasteiger partial charge in [-0.3, -0.25) is 10.2 Å². The number of anilines is 1. The van der Waals surface area contributed by atoms with Crippen molar-refractivity contribution in [3.05, 3.63) is 71.6 Å². The highest BCUT2D eigenvalue weighted by Gasteiger charge is 2.27. The number of amides is 1. The van der Waals surface area contributed by atoms with Crippen LogP contribution in [-0.4, -0.2) is 37.4 Å². The summed E-state index contributed by atoms with van der Waals surface area (Å²) in [6.45, 7) is -1.77. The summed E-state index contributed by atoms with van der Waals surface area (Å²) >= 11 is 0. The largest absolute Gasteiger partial charge is 0.411 e. The minimum absolute atomic E-state index is 0.0811. The van der Waals surface area contributed by atoms with Crippen LogP contribution in [0.4, 0.5) is 23.2 Å². The molecule has 5 N–H and O–H groups in total. The number of alkyl halides is 3. The van der Waals surface area contributed by atoms with Crippen molar-refractivity contribution in [3.8, 4) is 0 Å². The summed E-state index contributed by atoms with van der Waals surface area (Å²) in [5, 5.41) is 13.5. The fourth-order valence-electron chi connectivity index (χ4n) is 2.84. The lowest BCUT2D eigenvalue weighted by Crippen LogP contribution is -2.38. The van der Waals surface area contributed by atoms with Gasteiger partial charge in [-0.05, 0) is 41.5 Å². The van der Waals surface area contributed by atoms with E-state index >= 15 is 0 Å². The summed E-state index contributed by atoms with van der Waals surface area (Å²) in [6.07, 6.45) is -2.71. The molecule has 0 bridgehead atoms. The van der Waals surface area contributed by atoms with Crippen molar-refractivity contribution in [2.75, 3.05) is 18.5 Å². The van der Waals surface area contributed by atoms with Crippen LogP contribution in [0, 0.1) is 17.1 Å². The maximum Gasteiger partial charge on any atom is 0.411 e. The second kappa shape index (κ2) is 12.6. The highest BCUT2D eigenvalue weighted by Crippen LogP contribution is 2.21. The van der Waals surface area contributed by atoms with Gasteiger partial charge in [0.15, 0.2) is 0 Å². The van der Waals surface area contributed by atoms with Gasteiger partial charge in [-0.25, -0.2) is 4.39 Å². The first kappa shape index (κ1) is 26.7. The Labute approximate surface area is 193 Å². The number of nitrogens with two attached hydrogens (primary N) is 1. The SMILES string of the molecule is N=C(/C=C(\Nc1ccc(F)cc1)c1cccc(COCC(F)(F)F)c1)NC(=O)[C@H](CN)CC=O. The second-order valence-corrected chi connectivity index (χ2v) is 7.24. The van der Waals surface area contributed by atoms with E-state index in [1.807, 2.05) is 0 Å². The molecule has 2 aromatic carbocycles. The van der Waals surface area contributed by atoms with E-state index in [2.05, 4.69) is 10.6 Å². The third-order valence-corrected chi connectivity index (χ3v) is 4.48. The van der Waals surface area contributed by atoms with E-state index in [-0.39, 0.29) is 25.4 Å². The molecule has 11 heteroatoms. The molecule has 0 unspecified atom stereocenters. The number of halogens is 4. The van der Waals surface area contributed by atoms with Crippen LogP contribution in [-0.2, 0) is 20.9 Å². The van der Waals surface area contributed by atoms with Gasteiger partial charge in [-0.2, -0.15) is 13.2 Å². The molecular formula is C23H24F4N4O3. The Kier molecular flexibility index (Phi) is 9.90. The normalized spacial score (nSPS) is 12.7. The predicted octanol–water partition coefficient (Wildman–Crippen LogP) is 3.61. The molecule has 0 aliphatic carbocycles. The van der Waals surface area contributed by atoms with Gasteiger partial charge < -0.3 is 25.9 Å². The van der Waals surface area contributed by atoms with E-state index in [0.717, 1.165) is 0 Å². The highest BCUT2D eigenvalue weighted by atomic mass is 19.4. The Morgan fingerprint density at radius 1 is 1.18 bits per heavy atom. The first-order valence-electron chi connectivity index (χ1n) is 10.1. The molecule has 0 saturated carbocycles. The standard InChI is InChI=1S/C23H24F4N4O3/c24-18-4-6-19(7-5-18)30-20(11-21(29)31-22(33)17(12-28)8-9-32)16-3-1-2-15(10-16)13-34-14-23(25,26)27/h1-7,9-11,17,30H,8,12-14,28H2,(H2,29,31,33)/b20-11-/t17-/m0/s1. The minimum Gasteiger partial charge on any atom is -0.367 e. The number of carbonyl (C=O) groups excluding carboxylic acids is 2. The lowest BCUT2D eigenvalue weighted by atomic mass is 10.1. The molecule has 0 fully saturated rings. The van der Waals surface area contributed by atoms with Gasteiger partial charge in [0.25, 0.3) is 0 Å². The van der Waals surface area contributed by atoms with Crippen LogP contribution in [0.15, 0.2) is 54.6 Å².